The Morgan fingerprint density at radius 1 is 1.50 bits per heavy atom. The Labute approximate surface area is 91.4 Å². The number of rotatable bonds is 2. The summed E-state index contributed by atoms with van der Waals surface area (Å²) in [6.45, 7) is 1.51. The van der Waals surface area contributed by atoms with E-state index in [1.165, 1.54) is 6.92 Å². The topological polar surface area (TPSA) is 58.2 Å². The highest BCUT2D eigenvalue weighted by molar-refractivity contribution is 8.76. The van der Waals surface area contributed by atoms with Crippen molar-refractivity contribution in [2.45, 2.75) is 19.0 Å². The summed E-state index contributed by atoms with van der Waals surface area (Å²) in [6, 6.07) is -0.536. The van der Waals surface area contributed by atoms with Crippen LogP contribution in [0.3, 0.4) is 0 Å². The third kappa shape index (κ3) is 3.18. The van der Waals surface area contributed by atoms with Crippen molar-refractivity contribution in [2.75, 3.05) is 18.6 Å². The fourth-order valence-corrected chi connectivity index (χ4v) is 3.55. The van der Waals surface area contributed by atoms with Crippen LogP contribution in [0.15, 0.2) is 0 Å². The number of amides is 1. The van der Waals surface area contributed by atoms with Crippen LogP contribution in [-0.2, 0) is 9.59 Å². The highest BCUT2D eigenvalue weighted by Gasteiger charge is 2.25. The number of Topliss-reactive ketones (excluding diaryl/α,β-unsaturated/α-hetero) is 1. The quantitative estimate of drug-likeness (QED) is 0.661. The molecule has 2 N–H and O–H groups in total. The van der Waals surface area contributed by atoms with Crippen LogP contribution in [0.1, 0.15) is 6.92 Å². The zero-order valence-corrected chi connectivity index (χ0v) is 9.83. The van der Waals surface area contributed by atoms with E-state index >= 15 is 0 Å². The lowest BCUT2D eigenvalue weighted by molar-refractivity contribution is -0.127. The van der Waals surface area contributed by atoms with Gasteiger partial charge in [-0.3, -0.25) is 9.59 Å². The molecule has 0 radical (unpaired) electrons. The van der Waals surface area contributed by atoms with Crippen molar-refractivity contribution < 1.29 is 9.59 Å². The molecule has 6 heteroatoms. The second-order valence-electron chi connectivity index (χ2n) is 3.08. The molecular formula is C8H14N2O2S2. The molecule has 0 saturated carbocycles. The van der Waals surface area contributed by atoms with Crippen LogP contribution in [0, 0.1) is 0 Å². The van der Waals surface area contributed by atoms with Crippen molar-refractivity contribution in [1.29, 1.82) is 0 Å². The summed E-state index contributed by atoms with van der Waals surface area (Å²) in [5.41, 5.74) is 0. The Hall–Kier alpha value is -0.200. The van der Waals surface area contributed by atoms with Gasteiger partial charge in [0.15, 0.2) is 5.78 Å². The van der Waals surface area contributed by atoms with E-state index in [9.17, 15) is 9.59 Å². The first-order valence-electron chi connectivity index (χ1n) is 4.37. The molecular weight excluding hydrogens is 220 g/mol. The minimum Gasteiger partial charge on any atom is -0.344 e. The first-order chi connectivity index (χ1) is 6.65. The zero-order chi connectivity index (χ0) is 10.6. The zero-order valence-electron chi connectivity index (χ0n) is 8.20. The minimum atomic E-state index is -0.337. The first-order valence-corrected chi connectivity index (χ1v) is 6.86. The van der Waals surface area contributed by atoms with Gasteiger partial charge in [-0.15, -0.1) is 0 Å². The van der Waals surface area contributed by atoms with Crippen LogP contribution >= 0.6 is 21.6 Å². The van der Waals surface area contributed by atoms with E-state index in [2.05, 4.69) is 10.6 Å². The van der Waals surface area contributed by atoms with Crippen LogP contribution in [0.25, 0.3) is 0 Å². The fraction of sp³-hybridized carbons (Fsp3) is 0.750. The van der Waals surface area contributed by atoms with Crippen molar-refractivity contribution in [3.63, 3.8) is 0 Å². The van der Waals surface area contributed by atoms with Gasteiger partial charge in [0.1, 0.15) is 0 Å². The predicted molar refractivity (Wildman–Crippen MR) is 60.4 cm³/mol. The molecule has 1 saturated heterocycles. The Bertz CT molecular complexity index is 235. The van der Waals surface area contributed by atoms with Gasteiger partial charge < -0.3 is 10.6 Å². The summed E-state index contributed by atoms with van der Waals surface area (Å²) < 4.78 is 0. The molecule has 1 aliphatic rings. The third-order valence-electron chi connectivity index (χ3n) is 2.02. The molecule has 0 spiro atoms. The van der Waals surface area contributed by atoms with Gasteiger partial charge in [-0.1, -0.05) is 21.6 Å². The van der Waals surface area contributed by atoms with Gasteiger partial charge in [0.05, 0.1) is 12.1 Å². The summed E-state index contributed by atoms with van der Waals surface area (Å²) >= 11 is 0. The summed E-state index contributed by atoms with van der Waals surface area (Å²) in [4.78, 5) is 22.7. The molecule has 1 heterocycles. The van der Waals surface area contributed by atoms with E-state index in [1.54, 1.807) is 28.6 Å². The number of hydrogen-bond donors (Lipinski definition) is 2. The summed E-state index contributed by atoms with van der Waals surface area (Å²) in [7, 11) is 5.01. The summed E-state index contributed by atoms with van der Waals surface area (Å²) in [5, 5.41) is 5.66. The van der Waals surface area contributed by atoms with E-state index in [0.717, 1.165) is 5.75 Å². The Morgan fingerprint density at radius 2 is 2.14 bits per heavy atom. The van der Waals surface area contributed by atoms with Gasteiger partial charge in [-0.2, -0.15) is 0 Å². The number of carbonyl (C=O) groups excluding carboxylic acids is 2. The standard InChI is InChI=1S/C8H14N2O2S2/c1-5(11)6-3-13-14-4-7(9-2)8(12)10-6/h6-7,9H,3-4H2,1-2H3,(H,10,12)/t6-,7-/m0/s1. The van der Waals surface area contributed by atoms with Crippen LogP contribution in [0.4, 0.5) is 0 Å². The Kier molecular flexibility index (Phi) is 4.77. The molecule has 0 aromatic rings. The Morgan fingerprint density at radius 3 is 2.71 bits per heavy atom. The van der Waals surface area contributed by atoms with E-state index in [1.807, 2.05) is 0 Å². The molecule has 4 nitrogen and oxygen atoms in total. The van der Waals surface area contributed by atoms with Crippen LogP contribution in [0.2, 0.25) is 0 Å². The summed E-state index contributed by atoms with van der Waals surface area (Å²) in [5.74, 6) is 1.32. The molecule has 1 amide bonds. The molecule has 14 heavy (non-hydrogen) atoms. The molecule has 0 aromatic carbocycles. The predicted octanol–water partition coefficient (Wildman–Crippen LogP) is 0.0432. The second kappa shape index (κ2) is 5.63. The number of carbonyl (C=O) groups is 2. The lowest BCUT2D eigenvalue weighted by Gasteiger charge is -2.23. The highest BCUT2D eigenvalue weighted by Crippen LogP contribution is 2.24. The van der Waals surface area contributed by atoms with E-state index in [0.29, 0.717) is 5.75 Å². The number of likely N-dealkylation sites (N-methyl/N-ethyl adjacent to an activating group) is 1. The van der Waals surface area contributed by atoms with Gasteiger partial charge in [-0.25, -0.2) is 0 Å². The lowest BCUT2D eigenvalue weighted by atomic mass is 10.2. The Balaban J connectivity index is 2.60. The number of hydrogen-bond acceptors (Lipinski definition) is 5. The average Bonchev–Trinajstić information content (AvgIpc) is 2.11. The highest BCUT2D eigenvalue weighted by atomic mass is 33.1. The van der Waals surface area contributed by atoms with Crippen molar-refractivity contribution in [1.82, 2.24) is 10.6 Å². The summed E-state index contributed by atoms with van der Waals surface area (Å²) in [6.07, 6.45) is 0. The van der Waals surface area contributed by atoms with Gasteiger partial charge in [0.25, 0.3) is 0 Å². The fourth-order valence-electron chi connectivity index (χ4n) is 1.06. The molecule has 80 valence electrons. The number of ketones is 1. The van der Waals surface area contributed by atoms with Crippen molar-refractivity contribution >= 4 is 33.3 Å². The van der Waals surface area contributed by atoms with Gasteiger partial charge in [-0.05, 0) is 14.0 Å². The second-order valence-corrected chi connectivity index (χ2v) is 5.63. The van der Waals surface area contributed by atoms with Crippen molar-refractivity contribution in [2.24, 2.45) is 0 Å². The van der Waals surface area contributed by atoms with E-state index in [4.69, 9.17) is 0 Å². The first kappa shape index (κ1) is 11.9. The van der Waals surface area contributed by atoms with E-state index < -0.39 is 0 Å². The van der Waals surface area contributed by atoms with Crippen LogP contribution in [-0.4, -0.2) is 42.3 Å². The lowest BCUT2D eigenvalue weighted by Crippen LogP contribution is -2.51. The monoisotopic (exact) mass is 234 g/mol. The largest absolute Gasteiger partial charge is 0.344 e. The van der Waals surface area contributed by atoms with Crippen LogP contribution in [0.5, 0.6) is 0 Å². The molecule has 1 fully saturated rings. The molecule has 0 unspecified atom stereocenters. The average molecular weight is 234 g/mol. The van der Waals surface area contributed by atoms with E-state index in [-0.39, 0.29) is 23.8 Å². The maximum absolute atomic E-state index is 11.6. The van der Waals surface area contributed by atoms with Gasteiger partial charge >= 0.3 is 0 Å². The van der Waals surface area contributed by atoms with Gasteiger partial charge in [0.2, 0.25) is 5.91 Å². The third-order valence-corrected chi connectivity index (χ3v) is 4.45. The SMILES string of the molecule is CN[C@H]1CSSC[C@@H](C(C)=O)NC1=O. The maximum atomic E-state index is 11.6. The van der Waals surface area contributed by atoms with Crippen molar-refractivity contribution in [3.8, 4) is 0 Å². The maximum Gasteiger partial charge on any atom is 0.238 e. The molecule has 0 aromatic heterocycles. The molecule has 0 bridgehead atoms. The number of nitrogens with one attached hydrogen (secondary N) is 2. The van der Waals surface area contributed by atoms with Crippen molar-refractivity contribution in [3.05, 3.63) is 0 Å². The molecule has 1 rings (SSSR count). The molecule has 1 aliphatic heterocycles. The molecule has 2 atom stereocenters. The van der Waals surface area contributed by atoms with Crippen LogP contribution < -0.4 is 10.6 Å². The smallest absolute Gasteiger partial charge is 0.238 e. The normalized spacial score (nSPS) is 28.9. The van der Waals surface area contributed by atoms with Gasteiger partial charge in [0, 0.05) is 11.5 Å². The minimum absolute atomic E-state index is 0.0169. The molecule has 0 aliphatic carbocycles.